The number of nitrogens with zero attached hydrogens (tertiary/aromatic N) is 4. The molecule has 5 nitrogen and oxygen atoms in total. The highest BCUT2D eigenvalue weighted by molar-refractivity contribution is 9.10. The fourth-order valence-electron chi connectivity index (χ4n) is 2.07. The van der Waals surface area contributed by atoms with E-state index in [1.807, 2.05) is 34.6 Å². The maximum absolute atomic E-state index is 12.6. The molecule has 0 saturated heterocycles. The van der Waals surface area contributed by atoms with E-state index in [4.69, 9.17) is 0 Å². The van der Waals surface area contributed by atoms with Gasteiger partial charge in [0.1, 0.15) is 11.5 Å². The normalized spacial score (nSPS) is 11.1. The number of amides is 1. The van der Waals surface area contributed by atoms with Gasteiger partial charge in [-0.3, -0.25) is 4.79 Å². The highest BCUT2D eigenvalue weighted by Gasteiger charge is 2.19. The lowest BCUT2D eigenvalue weighted by Gasteiger charge is -2.19. The van der Waals surface area contributed by atoms with Gasteiger partial charge < -0.3 is 14.0 Å². The topological polar surface area (TPSA) is 43.1 Å². The van der Waals surface area contributed by atoms with Crippen LogP contribution in [0, 0.1) is 0 Å². The number of rotatable bonds is 4. The van der Waals surface area contributed by atoms with Gasteiger partial charge in [0.25, 0.3) is 5.91 Å². The minimum Gasteiger partial charge on any atom is -0.340 e. The molecule has 1 amide bonds. The first-order valence-corrected chi connectivity index (χ1v) is 7.28. The van der Waals surface area contributed by atoms with Gasteiger partial charge in [0.15, 0.2) is 0 Å². The Morgan fingerprint density at radius 2 is 2.20 bits per heavy atom. The fraction of sp³-hybridized carbons (Fsp3) is 0.429. The van der Waals surface area contributed by atoms with E-state index in [1.54, 1.807) is 18.1 Å². The maximum Gasteiger partial charge on any atom is 0.270 e. The summed E-state index contributed by atoms with van der Waals surface area (Å²) in [7, 11) is 3.72. The van der Waals surface area contributed by atoms with Gasteiger partial charge in [-0.25, -0.2) is 4.98 Å². The summed E-state index contributed by atoms with van der Waals surface area (Å²) in [5.41, 5.74) is 0.684. The number of imidazole rings is 1. The predicted molar refractivity (Wildman–Crippen MR) is 81.5 cm³/mol. The average molecular weight is 339 g/mol. The molecule has 2 aromatic heterocycles. The first-order chi connectivity index (χ1) is 9.40. The number of aryl methyl sites for hydroxylation is 1. The molecule has 2 rings (SSSR count). The molecular formula is C14H19BrN4O. The largest absolute Gasteiger partial charge is 0.340 e. The molecule has 6 heteroatoms. The Labute approximate surface area is 127 Å². The number of aromatic nitrogens is 3. The van der Waals surface area contributed by atoms with Crippen LogP contribution in [0.15, 0.2) is 29.1 Å². The van der Waals surface area contributed by atoms with Crippen molar-refractivity contribution in [1.82, 2.24) is 19.0 Å². The van der Waals surface area contributed by atoms with E-state index in [0.717, 1.165) is 10.3 Å². The summed E-state index contributed by atoms with van der Waals surface area (Å²) in [6.07, 6.45) is 5.55. The van der Waals surface area contributed by atoms with Gasteiger partial charge in [-0.2, -0.15) is 0 Å². The third-order valence-corrected chi connectivity index (χ3v) is 3.67. The molecule has 2 aromatic rings. The second-order valence-electron chi connectivity index (χ2n) is 5.16. The smallest absolute Gasteiger partial charge is 0.270 e. The van der Waals surface area contributed by atoms with E-state index in [-0.39, 0.29) is 11.9 Å². The number of carbonyl (C=O) groups excluding carboxylic acids is 1. The highest BCUT2D eigenvalue weighted by Crippen LogP contribution is 2.20. The Hall–Kier alpha value is -1.56. The van der Waals surface area contributed by atoms with E-state index in [0.29, 0.717) is 12.2 Å². The van der Waals surface area contributed by atoms with Crippen LogP contribution in [0.1, 0.15) is 36.2 Å². The van der Waals surface area contributed by atoms with Crippen LogP contribution in [-0.4, -0.2) is 32.0 Å². The van der Waals surface area contributed by atoms with Crippen molar-refractivity contribution < 1.29 is 4.79 Å². The van der Waals surface area contributed by atoms with E-state index in [2.05, 4.69) is 34.8 Å². The Bertz CT molecular complexity index is 614. The molecule has 0 saturated carbocycles. The zero-order valence-electron chi connectivity index (χ0n) is 12.2. The molecule has 108 valence electrons. The molecule has 0 atom stereocenters. The standard InChI is InChI=1S/C14H19BrN4O/c1-10(2)19-8-11(15)7-12(19)14(20)18(4)9-13-16-5-6-17(13)3/h5-8,10H,9H2,1-4H3. The lowest BCUT2D eigenvalue weighted by atomic mass is 10.3. The molecule has 0 aliphatic rings. The Morgan fingerprint density at radius 1 is 1.50 bits per heavy atom. The van der Waals surface area contributed by atoms with Crippen LogP contribution in [0.3, 0.4) is 0 Å². The first kappa shape index (κ1) is 14.8. The Balaban J connectivity index is 2.21. The summed E-state index contributed by atoms with van der Waals surface area (Å²) in [6.45, 7) is 4.60. The molecule has 0 aliphatic heterocycles. The summed E-state index contributed by atoms with van der Waals surface area (Å²) in [6, 6.07) is 2.10. The second-order valence-corrected chi connectivity index (χ2v) is 6.08. The van der Waals surface area contributed by atoms with Crippen LogP contribution in [0.25, 0.3) is 0 Å². The predicted octanol–water partition coefficient (Wildman–Crippen LogP) is 2.84. The number of hydrogen-bond donors (Lipinski definition) is 0. The first-order valence-electron chi connectivity index (χ1n) is 6.49. The maximum atomic E-state index is 12.6. The van der Waals surface area contributed by atoms with E-state index < -0.39 is 0 Å². The molecule has 0 spiro atoms. The Kier molecular flexibility index (Phi) is 4.32. The fourth-order valence-corrected chi connectivity index (χ4v) is 2.51. The zero-order chi connectivity index (χ0) is 14.9. The third-order valence-electron chi connectivity index (χ3n) is 3.24. The molecule has 0 bridgehead atoms. The van der Waals surface area contributed by atoms with Crippen LogP contribution in [0.5, 0.6) is 0 Å². The highest BCUT2D eigenvalue weighted by atomic mass is 79.9. The van der Waals surface area contributed by atoms with Crippen molar-refractivity contribution >= 4 is 21.8 Å². The molecule has 20 heavy (non-hydrogen) atoms. The van der Waals surface area contributed by atoms with Gasteiger partial charge in [0.05, 0.1) is 6.54 Å². The summed E-state index contributed by atoms with van der Waals surface area (Å²) in [5.74, 6) is 0.856. The summed E-state index contributed by atoms with van der Waals surface area (Å²) < 4.78 is 4.81. The quantitative estimate of drug-likeness (QED) is 0.860. The molecule has 0 aromatic carbocycles. The number of halogens is 1. The minimum absolute atomic E-state index is 0.00704. The SMILES string of the molecule is CC(C)n1cc(Br)cc1C(=O)N(C)Cc1nccn1C. The van der Waals surface area contributed by atoms with Crippen LogP contribution < -0.4 is 0 Å². The van der Waals surface area contributed by atoms with Crippen molar-refractivity contribution in [3.05, 3.63) is 40.6 Å². The van der Waals surface area contributed by atoms with Crippen LogP contribution in [-0.2, 0) is 13.6 Å². The van der Waals surface area contributed by atoms with Crippen molar-refractivity contribution in [3.63, 3.8) is 0 Å². The molecule has 0 fully saturated rings. The molecule has 0 unspecified atom stereocenters. The molecular weight excluding hydrogens is 320 g/mol. The summed E-state index contributed by atoms with van der Waals surface area (Å²) in [5, 5.41) is 0. The molecule has 0 N–H and O–H groups in total. The van der Waals surface area contributed by atoms with Crippen molar-refractivity contribution in [2.75, 3.05) is 7.05 Å². The summed E-state index contributed by atoms with van der Waals surface area (Å²) >= 11 is 3.43. The third kappa shape index (κ3) is 2.95. The van der Waals surface area contributed by atoms with Gasteiger partial charge in [-0.15, -0.1) is 0 Å². The van der Waals surface area contributed by atoms with Crippen LogP contribution in [0.4, 0.5) is 0 Å². The van der Waals surface area contributed by atoms with Gasteiger partial charge in [0.2, 0.25) is 0 Å². The van der Waals surface area contributed by atoms with Gasteiger partial charge in [-0.05, 0) is 35.8 Å². The lowest BCUT2D eigenvalue weighted by molar-refractivity contribution is 0.0768. The number of carbonyl (C=O) groups is 1. The Morgan fingerprint density at radius 3 is 2.75 bits per heavy atom. The molecule has 2 heterocycles. The molecule has 0 radical (unpaired) electrons. The number of hydrogen-bond acceptors (Lipinski definition) is 2. The minimum atomic E-state index is -0.00704. The monoisotopic (exact) mass is 338 g/mol. The lowest BCUT2D eigenvalue weighted by Crippen LogP contribution is -2.29. The zero-order valence-corrected chi connectivity index (χ0v) is 13.8. The summed E-state index contributed by atoms with van der Waals surface area (Å²) in [4.78, 5) is 18.5. The second kappa shape index (κ2) is 5.83. The van der Waals surface area contributed by atoms with Crippen LogP contribution >= 0.6 is 15.9 Å². The van der Waals surface area contributed by atoms with Gasteiger partial charge in [-0.1, -0.05) is 0 Å². The van der Waals surface area contributed by atoms with Crippen LogP contribution in [0.2, 0.25) is 0 Å². The van der Waals surface area contributed by atoms with E-state index in [9.17, 15) is 4.79 Å². The van der Waals surface area contributed by atoms with Crippen molar-refractivity contribution in [2.45, 2.75) is 26.4 Å². The van der Waals surface area contributed by atoms with Crippen molar-refractivity contribution in [1.29, 1.82) is 0 Å². The van der Waals surface area contributed by atoms with Crippen molar-refractivity contribution in [2.24, 2.45) is 7.05 Å². The van der Waals surface area contributed by atoms with Gasteiger partial charge in [0, 0.05) is 43.2 Å². The van der Waals surface area contributed by atoms with E-state index >= 15 is 0 Å². The molecule has 0 aliphatic carbocycles. The average Bonchev–Trinajstić information content (AvgIpc) is 2.95. The van der Waals surface area contributed by atoms with Gasteiger partial charge >= 0.3 is 0 Å². The van der Waals surface area contributed by atoms with E-state index in [1.165, 1.54) is 0 Å². The van der Waals surface area contributed by atoms with Crippen molar-refractivity contribution in [3.8, 4) is 0 Å².